The highest BCUT2D eigenvalue weighted by Gasteiger charge is 2.13. The highest BCUT2D eigenvalue weighted by molar-refractivity contribution is 7.71. The number of fused-ring (bicyclic) bond motifs is 1. The van der Waals surface area contributed by atoms with E-state index < -0.39 is 0 Å². The molecule has 0 amide bonds. The van der Waals surface area contributed by atoms with E-state index >= 15 is 0 Å². The molecule has 0 fully saturated rings. The maximum atomic E-state index is 13.0. The van der Waals surface area contributed by atoms with Gasteiger partial charge in [-0.15, -0.1) is 11.3 Å². The first-order valence-electron chi connectivity index (χ1n) is 7.55. The third-order valence-corrected chi connectivity index (χ3v) is 5.39. The number of aryl methyl sites for hydroxylation is 1. The Bertz CT molecular complexity index is 1150. The number of thiophene rings is 1. The first kappa shape index (κ1) is 15.1. The average Bonchev–Trinajstić information content (AvgIpc) is 3.01. The number of para-hydroxylation sites is 1. The summed E-state index contributed by atoms with van der Waals surface area (Å²) in [7, 11) is 0. The second-order valence-electron chi connectivity index (χ2n) is 5.58. The highest BCUT2D eigenvalue weighted by Crippen LogP contribution is 2.31. The van der Waals surface area contributed by atoms with Crippen molar-refractivity contribution < 1.29 is 0 Å². The van der Waals surface area contributed by atoms with E-state index in [-0.39, 0.29) is 5.56 Å². The molecule has 2 aromatic carbocycles. The number of hydrogen-bond donors (Lipinski definition) is 1. The largest absolute Gasteiger partial charge is 0.323 e. The number of H-pyrrole nitrogens is 1. The minimum Gasteiger partial charge on any atom is -0.323 e. The number of aromatic nitrogens is 2. The SMILES string of the molecule is Cc1ccccc1-n1c(=S)[nH]c2sc(-c3ccccc3)cc2c1=O. The van der Waals surface area contributed by atoms with Gasteiger partial charge >= 0.3 is 0 Å². The summed E-state index contributed by atoms with van der Waals surface area (Å²) in [6.45, 7) is 1.98. The Kier molecular flexibility index (Phi) is 3.67. The molecule has 0 saturated carbocycles. The lowest BCUT2D eigenvalue weighted by Crippen LogP contribution is -2.20. The summed E-state index contributed by atoms with van der Waals surface area (Å²) in [4.78, 5) is 18.1. The van der Waals surface area contributed by atoms with E-state index in [1.807, 2.05) is 67.6 Å². The summed E-state index contributed by atoms with van der Waals surface area (Å²) in [6, 6.07) is 19.7. The molecule has 0 radical (unpaired) electrons. The number of aromatic amines is 1. The Balaban J connectivity index is 2.01. The zero-order valence-corrected chi connectivity index (χ0v) is 14.6. The fourth-order valence-corrected chi connectivity index (χ4v) is 4.19. The van der Waals surface area contributed by atoms with E-state index in [0.29, 0.717) is 10.2 Å². The van der Waals surface area contributed by atoms with E-state index in [0.717, 1.165) is 26.5 Å². The van der Waals surface area contributed by atoms with E-state index in [1.54, 1.807) is 15.9 Å². The summed E-state index contributed by atoms with van der Waals surface area (Å²) in [5.41, 5.74) is 2.84. The molecule has 0 saturated heterocycles. The molecule has 0 unspecified atom stereocenters. The van der Waals surface area contributed by atoms with Gasteiger partial charge in [-0.25, -0.2) is 0 Å². The second-order valence-corrected chi connectivity index (χ2v) is 7.02. The lowest BCUT2D eigenvalue weighted by molar-refractivity contribution is 0.934. The van der Waals surface area contributed by atoms with Gasteiger partial charge in [-0.3, -0.25) is 9.36 Å². The highest BCUT2D eigenvalue weighted by atomic mass is 32.1. The van der Waals surface area contributed by atoms with Crippen LogP contribution in [0.25, 0.3) is 26.3 Å². The molecule has 0 aliphatic heterocycles. The molecular weight excluding hydrogens is 336 g/mol. The van der Waals surface area contributed by atoms with Crippen molar-refractivity contribution in [3.05, 3.63) is 81.4 Å². The van der Waals surface area contributed by atoms with Crippen molar-refractivity contribution >= 4 is 33.8 Å². The quantitative estimate of drug-likeness (QED) is 0.512. The molecule has 0 bridgehead atoms. The number of hydrogen-bond acceptors (Lipinski definition) is 3. The fourth-order valence-electron chi connectivity index (χ4n) is 2.79. The van der Waals surface area contributed by atoms with Crippen molar-refractivity contribution in [3.63, 3.8) is 0 Å². The van der Waals surface area contributed by atoms with Crippen molar-refractivity contribution in [1.29, 1.82) is 0 Å². The van der Waals surface area contributed by atoms with Gasteiger partial charge in [-0.1, -0.05) is 48.5 Å². The molecule has 2 heterocycles. The predicted molar refractivity (Wildman–Crippen MR) is 103 cm³/mol. The van der Waals surface area contributed by atoms with Gasteiger partial charge in [0.05, 0.1) is 11.1 Å². The molecule has 1 N–H and O–H groups in total. The lowest BCUT2D eigenvalue weighted by Gasteiger charge is -2.09. The molecule has 24 heavy (non-hydrogen) atoms. The Morgan fingerprint density at radius 1 is 1.04 bits per heavy atom. The van der Waals surface area contributed by atoms with Crippen LogP contribution in [0.15, 0.2) is 65.5 Å². The third-order valence-electron chi connectivity index (χ3n) is 4.00. The fraction of sp³-hybridized carbons (Fsp3) is 0.0526. The number of benzene rings is 2. The third kappa shape index (κ3) is 2.42. The first-order valence-corrected chi connectivity index (χ1v) is 8.78. The Morgan fingerprint density at radius 2 is 1.75 bits per heavy atom. The van der Waals surface area contributed by atoms with Crippen LogP contribution in [0.1, 0.15) is 5.56 Å². The summed E-state index contributed by atoms with van der Waals surface area (Å²) >= 11 is 7.00. The van der Waals surface area contributed by atoms with E-state index in [1.165, 1.54) is 0 Å². The topological polar surface area (TPSA) is 37.8 Å². The Labute approximate surface area is 147 Å². The van der Waals surface area contributed by atoms with Gasteiger partial charge in [-0.2, -0.15) is 0 Å². The van der Waals surface area contributed by atoms with Crippen LogP contribution in [0.3, 0.4) is 0 Å². The van der Waals surface area contributed by atoms with Crippen LogP contribution in [0.5, 0.6) is 0 Å². The molecular formula is C19H14N2OS2. The van der Waals surface area contributed by atoms with Crippen molar-refractivity contribution in [2.24, 2.45) is 0 Å². The molecule has 2 aromatic heterocycles. The molecule has 5 heteroatoms. The van der Waals surface area contributed by atoms with E-state index in [2.05, 4.69) is 4.98 Å². The van der Waals surface area contributed by atoms with Gasteiger partial charge in [0, 0.05) is 4.88 Å². The van der Waals surface area contributed by atoms with Gasteiger partial charge in [0.2, 0.25) is 0 Å². The zero-order valence-electron chi connectivity index (χ0n) is 12.9. The monoisotopic (exact) mass is 350 g/mol. The van der Waals surface area contributed by atoms with Gasteiger partial charge in [0.1, 0.15) is 4.83 Å². The number of rotatable bonds is 2. The molecule has 118 valence electrons. The second kappa shape index (κ2) is 5.85. The van der Waals surface area contributed by atoms with E-state index in [4.69, 9.17) is 12.2 Å². The summed E-state index contributed by atoms with van der Waals surface area (Å²) in [6.07, 6.45) is 0. The molecule has 0 aliphatic carbocycles. The summed E-state index contributed by atoms with van der Waals surface area (Å²) < 4.78 is 2.00. The molecule has 4 aromatic rings. The summed E-state index contributed by atoms with van der Waals surface area (Å²) in [5.74, 6) is 0. The van der Waals surface area contributed by atoms with Crippen molar-refractivity contribution in [3.8, 4) is 16.1 Å². The van der Waals surface area contributed by atoms with E-state index in [9.17, 15) is 4.79 Å². The normalized spacial score (nSPS) is 11.0. The van der Waals surface area contributed by atoms with Crippen LogP contribution in [-0.2, 0) is 0 Å². The first-order chi connectivity index (χ1) is 11.6. The Hall–Kier alpha value is -2.50. The Morgan fingerprint density at radius 3 is 2.50 bits per heavy atom. The van der Waals surface area contributed by atoms with Gasteiger partial charge in [0.15, 0.2) is 4.77 Å². The minimum absolute atomic E-state index is 0.0820. The molecule has 4 rings (SSSR count). The minimum atomic E-state index is -0.0820. The molecule has 0 spiro atoms. The molecule has 3 nitrogen and oxygen atoms in total. The van der Waals surface area contributed by atoms with Crippen molar-refractivity contribution in [2.75, 3.05) is 0 Å². The molecule has 0 aliphatic rings. The predicted octanol–water partition coefficient (Wildman–Crippen LogP) is 5.09. The smallest absolute Gasteiger partial charge is 0.267 e. The van der Waals surface area contributed by atoms with Crippen LogP contribution in [0, 0.1) is 11.7 Å². The number of nitrogens with one attached hydrogen (secondary N) is 1. The maximum absolute atomic E-state index is 13.0. The van der Waals surface area contributed by atoms with Gasteiger partial charge in [0.25, 0.3) is 5.56 Å². The van der Waals surface area contributed by atoms with Gasteiger partial charge < -0.3 is 4.98 Å². The average molecular weight is 350 g/mol. The summed E-state index contributed by atoms with van der Waals surface area (Å²) in [5, 5.41) is 0.663. The van der Waals surface area contributed by atoms with Crippen molar-refractivity contribution in [2.45, 2.75) is 6.92 Å². The van der Waals surface area contributed by atoms with Crippen molar-refractivity contribution in [1.82, 2.24) is 9.55 Å². The van der Waals surface area contributed by atoms with Crippen LogP contribution < -0.4 is 5.56 Å². The van der Waals surface area contributed by atoms with Gasteiger partial charge in [-0.05, 0) is 42.4 Å². The zero-order chi connectivity index (χ0) is 16.7. The standard InChI is InChI=1S/C19H14N2OS2/c1-12-7-5-6-10-15(12)21-18(22)14-11-16(13-8-3-2-4-9-13)24-17(14)20-19(21)23/h2-11H,1H3,(H,20,23). The molecule has 0 atom stereocenters. The number of nitrogens with zero attached hydrogens (tertiary/aromatic N) is 1. The van der Waals surface area contributed by atoms with Crippen LogP contribution in [-0.4, -0.2) is 9.55 Å². The van der Waals surface area contributed by atoms with Crippen LogP contribution in [0.4, 0.5) is 0 Å². The lowest BCUT2D eigenvalue weighted by atomic mass is 10.2. The van der Waals surface area contributed by atoms with Crippen LogP contribution in [0.2, 0.25) is 0 Å². The van der Waals surface area contributed by atoms with Crippen LogP contribution >= 0.6 is 23.6 Å². The maximum Gasteiger partial charge on any atom is 0.267 e.